The van der Waals surface area contributed by atoms with E-state index in [4.69, 9.17) is 0 Å². The van der Waals surface area contributed by atoms with Crippen molar-refractivity contribution >= 4 is 17.7 Å². The molecule has 1 aromatic carbocycles. The van der Waals surface area contributed by atoms with Crippen molar-refractivity contribution < 1.29 is 22.7 Å². The van der Waals surface area contributed by atoms with E-state index in [1.54, 1.807) is 6.20 Å². The number of aryl methyl sites for hydroxylation is 1. The number of anilines is 2. The molecule has 0 bridgehead atoms. The fourth-order valence-electron chi connectivity index (χ4n) is 4.01. The van der Waals surface area contributed by atoms with Crippen LogP contribution < -0.4 is 20.3 Å². The zero-order valence-corrected chi connectivity index (χ0v) is 19.2. The van der Waals surface area contributed by atoms with Crippen LogP contribution in [0.1, 0.15) is 49.8 Å². The van der Waals surface area contributed by atoms with Gasteiger partial charge in [0.25, 0.3) is 0 Å². The Balaban J connectivity index is 1.48. The number of halogens is 3. The number of nitrogens with one attached hydrogen (secondary N) is 2. The monoisotopic (exact) mass is 465 g/mol. The lowest BCUT2D eigenvalue weighted by Gasteiger charge is -2.29. The fraction of sp³-hybridized carbons (Fsp3) is 0.522. The Morgan fingerprint density at radius 2 is 1.79 bits per heavy atom. The maximum atomic E-state index is 12.7. The SMILES string of the molecule is Cc1cnc(NC2CCC(C(=O)N[C@H](C)c3ccc(OC(F)(F)F)cc3)CC2)nc1N(C)C. The van der Waals surface area contributed by atoms with E-state index in [-0.39, 0.29) is 29.7 Å². The molecule has 3 rings (SSSR count). The van der Waals surface area contributed by atoms with Gasteiger partial charge in [-0.2, -0.15) is 4.98 Å². The molecular formula is C23H30F3N5O2. The molecule has 1 aliphatic carbocycles. The molecule has 2 aromatic rings. The molecule has 0 radical (unpaired) electrons. The highest BCUT2D eigenvalue weighted by Crippen LogP contribution is 2.28. The summed E-state index contributed by atoms with van der Waals surface area (Å²) in [6.45, 7) is 3.77. The maximum Gasteiger partial charge on any atom is 0.573 e. The number of carbonyl (C=O) groups excluding carboxylic acids is 1. The summed E-state index contributed by atoms with van der Waals surface area (Å²) < 4.78 is 40.8. The average molecular weight is 466 g/mol. The molecule has 1 heterocycles. The van der Waals surface area contributed by atoms with E-state index < -0.39 is 6.36 Å². The zero-order valence-electron chi connectivity index (χ0n) is 19.2. The second-order valence-corrected chi connectivity index (χ2v) is 8.63. The van der Waals surface area contributed by atoms with E-state index in [0.29, 0.717) is 11.5 Å². The molecule has 2 N–H and O–H groups in total. The molecule has 0 unspecified atom stereocenters. The van der Waals surface area contributed by atoms with Gasteiger partial charge < -0.3 is 20.3 Å². The van der Waals surface area contributed by atoms with Crippen LogP contribution in [-0.2, 0) is 4.79 Å². The molecule has 0 aliphatic heterocycles. The smallest absolute Gasteiger partial charge is 0.406 e. The van der Waals surface area contributed by atoms with Crippen molar-refractivity contribution in [3.8, 4) is 5.75 Å². The van der Waals surface area contributed by atoms with E-state index in [0.717, 1.165) is 37.1 Å². The number of ether oxygens (including phenoxy) is 1. The highest BCUT2D eigenvalue weighted by Gasteiger charge is 2.31. The molecule has 1 saturated carbocycles. The maximum absolute atomic E-state index is 12.7. The van der Waals surface area contributed by atoms with Crippen LogP contribution in [0.4, 0.5) is 24.9 Å². The highest BCUT2D eigenvalue weighted by molar-refractivity contribution is 5.79. The van der Waals surface area contributed by atoms with Crippen LogP contribution in [0.25, 0.3) is 0 Å². The molecule has 7 nitrogen and oxygen atoms in total. The first kappa shape index (κ1) is 24.6. The van der Waals surface area contributed by atoms with Gasteiger partial charge >= 0.3 is 6.36 Å². The van der Waals surface area contributed by atoms with Crippen molar-refractivity contribution in [2.45, 2.75) is 58.0 Å². The van der Waals surface area contributed by atoms with Gasteiger partial charge in [-0.15, -0.1) is 13.2 Å². The number of benzene rings is 1. The summed E-state index contributed by atoms with van der Waals surface area (Å²) in [5, 5.41) is 6.35. The summed E-state index contributed by atoms with van der Waals surface area (Å²) >= 11 is 0. The first-order valence-electron chi connectivity index (χ1n) is 11.0. The topological polar surface area (TPSA) is 79.4 Å². The van der Waals surface area contributed by atoms with Crippen molar-refractivity contribution in [2.75, 3.05) is 24.3 Å². The lowest BCUT2D eigenvalue weighted by atomic mass is 9.85. The van der Waals surface area contributed by atoms with Gasteiger partial charge in [-0.3, -0.25) is 4.79 Å². The lowest BCUT2D eigenvalue weighted by Crippen LogP contribution is -2.37. The normalized spacial score (nSPS) is 19.5. The number of amides is 1. The second kappa shape index (κ2) is 10.3. The minimum atomic E-state index is -4.73. The van der Waals surface area contributed by atoms with E-state index >= 15 is 0 Å². The van der Waals surface area contributed by atoms with Crippen molar-refractivity contribution in [1.29, 1.82) is 0 Å². The fourth-order valence-corrected chi connectivity index (χ4v) is 4.01. The third kappa shape index (κ3) is 6.97. The number of nitrogens with zero attached hydrogens (tertiary/aromatic N) is 3. The number of hydrogen-bond acceptors (Lipinski definition) is 6. The van der Waals surface area contributed by atoms with Crippen LogP contribution in [0.3, 0.4) is 0 Å². The summed E-state index contributed by atoms with van der Waals surface area (Å²) in [6, 6.07) is 5.42. The predicted octanol–water partition coefficient (Wildman–Crippen LogP) is 4.60. The minimum absolute atomic E-state index is 0.0435. The molecule has 0 spiro atoms. The predicted molar refractivity (Wildman–Crippen MR) is 120 cm³/mol. The van der Waals surface area contributed by atoms with Crippen molar-refractivity contribution in [2.24, 2.45) is 5.92 Å². The first-order valence-corrected chi connectivity index (χ1v) is 11.0. The standard InChI is InChI=1S/C23H30F3N5O2/c1-14-13-27-22(30-20(14)31(3)4)29-18-9-5-17(6-10-18)21(32)28-15(2)16-7-11-19(12-8-16)33-23(24,25)26/h7-8,11-13,15,17-18H,5-6,9-10H2,1-4H3,(H,28,32)(H,27,29,30)/t15-,17?,18?/m1/s1. The Kier molecular flexibility index (Phi) is 7.65. The average Bonchev–Trinajstić information content (AvgIpc) is 2.74. The number of rotatable bonds is 7. The van der Waals surface area contributed by atoms with Gasteiger partial charge in [-0.1, -0.05) is 12.1 Å². The first-order chi connectivity index (χ1) is 15.5. The molecule has 180 valence electrons. The molecule has 10 heteroatoms. The van der Waals surface area contributed by atoms with Gasteiger partial charge in [0.2, 0.25) is 11.9 Å². The van der Waals surface area contributed by atoms with E-state index in [9.17, 15) is 18.0 Å². The number of hydrogen-bond donors (Lipinski definition) is 2. The van der Waals surface area contributed by atoms with Gasteiger partial charge in [-0.05, 0) is 57.2 Å². The summed E-state index contributed by atoms with van der Waals surface area (Å²) in [6.07, 6.45) is 0.194. The molecule has 1 aliphatic rings. The molecule has 0 saturated heterocycles. The Morgan fingerprint density at radius 1 is 1.15 bits per heavy atom. The molecule has 1 amide bonds. The summed E-state index contributed by atoms with van der Waals surface area (Å²) in [5.74, 6) is 1.02. The third-order valence-electron chi connectivity index (χ3n) is 5.77. The Labute approximate surface area is 191 Å². The van der Waals surface area contributed by atoms with E-state index in [2.05, 4.69) is 25.3 Å². The van der Waals surface area contributed by atoms with Crippen LogP contribution in [-0.4, -0.2) is 42.4 Å². The van der Waals surface area contributed by atoms with Gasteiger partial charge in [0.15, 0.2) is 0 Å². The van der Waals surface area contributed by atoms with E-state index in [1.807, 2.05) is 32.8 Å². The van der Waals surface area contributed by atoms with Crippen molar-refractivity contribution in [3.63, 3.8) is 0 Å². The molecular weight excluding hydrogens is 435 g/mol. The van der Waals surface area contributed by atoms with Gasteiger partial charge in [0.1, 0.15) is 11.6 Å². The van der Waals surface area contributed by atoms with Crippen LogP contribution in [0, 0.1) is 12.8 Å². The Morgan fingerprint density at radius 3 is 2.36 bits per heavy atom. The highest BCUT2D eigenvalue weighted by atomic mass is 19.4. The van der Waals surface area contributed by atoms with Crippen molar-refractivity contribution in [1.82, 2.24) is 15.3 Å². The molecule has 33 heavy (non-hydrogen) atoms. The molecule has 1 aromatic heterocycles. The van der Waals surface area contributed by atoms with Crippen molar-refractivity contribution in [3.05, 3.63) is 41.6 Å². The zero-order chi connectivity index (χ0) is 24.2. The summed E-state index contributed by atoms with van der Waals surface area (Å²) in [4.78, 5) is 23.6. The van der Waals surface area contributed by atoms with E-state index in [1.165, 1.54) is 24.3 Å². The number of aromatic nitrogens is 2. The van der Waals surface area contributed by atoms with Crippen LogP contribution in [0.5, 0.6) is 5.75 Å². The quantitative estimate of drug-likeness (QED) is 0.622. The number of alkyl halides is 3. The third-order valence-corrected chi connectivity index (χ3v) is 5.77. The minimum Gasteiger partial charge on any atom is -0.406 e. The van der Waals surface area contributed by atoms with Crippen LogP contribution >= 0.6 is 0 Å². The summed E-state index contributed by atoms with van der Waals surface area (Å²) in [7, 11) is 3.88. The second-order valence-electron chi connectivity index (χ2n) is 8.63. The van der Waals surface area contributed by atoms with Crippen LogP contribution in [0.15, 0.2) is 30.5 Å². The van der Waals surface area contributed by atoms with Gasteiger partial charge in [-0.25, -0.2) is 4.98 Å². The van der Waals surface area contributed by atoms with Gasteiger partial charge in [0, 0.05) is 37.8 Å². The largest absolute Gasteiger partial charge is 0.573 e. The number of carbonyl (C=O) groups is 1. The summed E-state index contributed by atoms with van der Waals surface area (Å²) in [5.41, 5.74) is 1.71. The Hall–Kier alpha value is -3.04. The van der Waals surface area contributed by atoms with Gasteiger partial charge in [0.05, 0.1) is 6.04 Å². The Bertz CT molecular complexity index is 942. The molecule has 1 atom stereocenters. The lowest BCUT2D eigenvalue weighted by molar-refractivity contribution is -0.274. The van der Waals surface area contributed by atoms with Crippen LogP contribution in [0.2, 0.25) is 0 Å². The molecule has 1 fully saturated rings.